The minimum absolute atomic E-state index is 0.0688. The quantitative estimate of drug-likeness (QED) is 0.436. The van der Waals surface area contributed by atoms with Gasteiger partial charge in [0.25, 0.3) is 0 Å². The van der Waals surface area contributed by atoms with E-state index >= 15 is 0 Å². The predicted octanol–water partition coefficient (Wildman–Crippen LogP) is 2.48. The van der Waals surface area contributed by atoms with Crippen molar-refractivity contribution in [3.63, 3.8) is 0 Å². The highest BCUT2D eigenvalue weighted by Crippen LogP contribution is 2.34. The molecular weight excluding hydrogens is 376 g/mol. The third-order valence-corrected chi connectivity index (χ3v) is 5.69. The molecule has 4 rings (SSSR count). The molecule has 10 heteroatoms. The van der Waals surface area contributed by atoms with Crippen LogP contribution in [0.3, 0.4) is 0 Å². The van der Waals surface area contributed by atoms with Gasteiger partial charge in [-0.25, -0.2) is 9.78 Å². The van der Waals surface area contributed by atoms with Crippen molar-refractivity contribution in [2.24, 2.45) is 0 Å². The first-order chi connectivity index (χ1) is 14.1. The molecule has 154 valence electrons. The molecule has 2 aliphatic rings. The number of rotatable bonds is 4. The number of hydrogen-bond acceptors (Lipinski definition) is 8. The Bertz CT molecular complexity index is 927. The third kappa shape index (κ3) is 3.79. The number of fused-ring (bicyclic) bond motifs is 1. The van der Waals surface area contributed by atoms with Crippen molar-refractivity contribution in [3.05, 3.63) is 39.6 Å². The Balaban J connectivity index is 1.61. The van der Waals surface area contributed by atoms with Crippen LogP contribution in [0.1, 0.15) is 60.0 Å². The maximum absolute atomic E-state index is 11.7. The molecular formula is C19H24N6O4. The van der Waals surface area contributed by atoms with Crippen LogP contribution >= 0.6 is 0 Å². The largest absolute Gasteiger partial charge is 0.465 e. The van der Waals surface area contributed by atoms with Crippen molar-refractivity contribution in [1.82, 2.24) is 19.7 Å². The second-order valence-electron chi connectivity index (χ2n) is 7.54. The number of esters is 1. The summed E-state index contributed by atoms with van der Waals surface area (Å²) >= 11 is 0. The summed E-state index contributed by atoms with van der Waals surface area (Å²) in [5.74, 6) is 1.80. The SMILES string of the molecule is COC(=O)c1cnc(N2CCCC(c3nnc4n3CCCCC4)C2)c([N+](=O)[O-])c1. The molecule has 29 heavy (non-hydrogen) atoms. The zero-order valence-corrected chi connectivity index (χ0v) is 16.4. The Morgan fingerprint density at radius 3 is 2.90 bits per heavy atom. The minimum atomic E-state index is -0.644. The molecule has 1 atom stereocenters. The minimum Gasteiger partial charge on any atom is -0.465 e. The van der Waals surface area contributed by atoms with Crippen LogP contribution in [0.5, 0.6) is 0 Å². The molecule has 0 bridgehead atoms. The van der Waals surface area contributed by atoms with Gasteiger partial charge in [-0.3, -0.25) is 10.1 Å². The molecule has 0 aliphatic carbocycles. The lowest BCUT2D eigenvalue weighted by Gasteiger charge is -2.33. The van der Waals surface area contributed by atoms with Gasteiger partial charge in [-0.15, -0.1) is 10.2 Å². The number of ether oxygens (including phenoxy) is 1. The number of aryl methyl sites for hydroxylation is 1. The van der Waals surface area contributed by atoms with Crippen LogP contribution in [0.25, 0.3) is 0 Å². The van der Waals surface area contributed by atoms with Crippen LogP contribution in [-0.4, -0.2) is 50.8 Å². The van der Waals surface area contributed by atoms with Gasteiger partial charge in [0.2, 0.25) is 5.82 Å². The average molecular weight is 400 g/mol. The number of carbonyl (C=O) groups excluding carboxylic acids is 1. The maximum atomic E-state index is 11.7. The van der Waals surface area contributed by atoms with E-state index in [0.717, 1.165) is 50.3 Å². The molecule has 0 N–H and O–H groups in total. The number of methoxy groups -OCH3 is 1. The number of carbonyl (C=O) groups is 1. The molecule has 0 radical (unpaired) electrons. The van der Waals surface area contributed by atoms with Crippen LogP contribution in [-0.2, 0) is 17.7 Å². The van der Waals surface area contributed by atoms with Crippen molar-refractivity contribution < 1.29 is 14.5 Å². The lowest BCUT2D eigenvalue weighted by Crippen LogP contribution is -2.36. The fraction of sp³-hybridized carbons (Fsp3) is 0.579. The van der Waals surface area contributed by atoms with Crippen LogP contribution in [0, 0.1) is 10.1 Å². The highest BCUT2D eigenvalue weighted by Gasteiger charge is 2.31. The Hall–Kier alpha value is -3.04. The Morgan fingerprint density at radius 1 is 1.24 bits per heavy atom. The molecule has 0 amide bonds. The normalized spacial score (nSPS) is 19.3. The third-order valence-electron chi connectivity index (χ3n) is 5.69. The van der Waals surface area contributed by atoms with Gasteiger partial charge in [-0.1, -0.05) is 6.42 Å². The number of nitro groups is 1. The lowest BCUT2D eigenvalue weighted by atomic mass is 9.96. The second-order valence-corrected chi connectivity index (χ2v) is 7.54. The van der Waals surface area contributed by atoms with E-state index in [-0.39, 0.29) is 23.0 Å². The summed E-state index contributed by atoms with van der Waals surface area (Å²) in [5, 5.41) is 20.5. The first-order valence-corrected chi connectivity index (χ1v) is 9.98. The van der Waals surface area contributed by atoms with Gasteiger partial charge in [-0.05, 0) is 25.7 Å². The van der Waals surface area contributed by atoms with Gasteiger partial charge in [0.15, 0.2) is 0 Å². The molecule has 0 saturated carbocycles. The Kier molecular flexibility index (Phi) is 5.41. The zero-order chi connectivity index (χ0) is 20.4. The molecule has 2 aromatic rings. The van der Waals surface area contributed by atoms with Crippen molar-refractivity contribution in [2.75, 3.05) is 25.1 Å². The zero-order valence-electron chi connectivity index (χ0n) is 16.4. The topological polar surface area (TPSA) is 116 Å². The van der Waals surface area contributed by atoms with E-state index in [0.29, 0.717) is 13.1 Å². The smallest absolute Gasteiger partial charge is 0.339 e. The number of piperidine rings is 1. The first-order valence-electron chi connectivity index (χ1n) is 9.98. The number of aromatic nitrogens is 4. The van der Waals surface area contributed by atoms with Crippen molar-refractivity contribution >= 4 is 17.5 Å². The van der Waals surface area contributed by atoms with Crippen LogP contribution in [0.15, 0.2) is 12.3 Å². The monoisotopic (exact) mass is 400 g/mol. The van der Waals surface area contributed by atoms with Crippen molar-refractivity contribution in [1.29, 1.82) is 0 Å². The molecule has 1 unspecified atom stereocenters. The first kappa shape index (κ1) is 19.3. The summed E-state index contributed by atoms with van der Waals surface area (Å²) in [7, 11) is 1.23. The Morgan fingerprint density at radius 2 is 2.10 bits per heavy atom. The second kappa shape index (κ2) is 8.14. The van der Waals surface area contributed by atoms with E-state index in [9.17, 15) is 14.9 Å². The molecule has 2 aromatic heterocycles. The fourth-order valence-electron chi connectivity index (χ4n) is 4.24. The molecule has 10 nitrogen and oxygen atoms in total. The standard InChI is InChI=1S/C19H24N6O4/c1-29-19(26)14-10-15(25(27)28)18(20-11-14)23-8-5-6-13(12-23)17-22-21-16-7-3-2-4-9-24(16)17/h10-11,13H,2-9,12H2,1H3. The van der Waals surface area contributed by atoms with Gasteiger partial charge < -0.3 is 14.2 Å². The fourth-order valence-corrected chi connectivity index (χ4v) is 4.24. The van der Waals surface area contributed by atoms with E-state index in [1.807, 2.05) is 4.90 Å². The number of hydrogen-bond donors (Lipinski definition) is 0. The van der Waals surface area contributed by atoms with E-state index in [2.05, 4.69) is 24.5 Å². The molecule has 2 aliphatic heterocycles. The van der Waals surface area contributed by atoms with Gasteiger partial charge in [-0.2, -0.15) is 0 Å². The van der Waals surface area contributed by atoms with E-state index in [4.69, 9.17) is 0 Å². The number of nitrogens with zero attached hydrogens (tertiary/aromatic N) is 6. The summed E-state index contributed by atoms with van der Waals surface area (Å²) in [4.78, 5) is 29.0. The molecule has 0 spiro atoms. The maximum Gasteiger partial charge on any atom is 0.339 e. The summed E-state index contributed by atoms with van der Waals surface area (Å²) in [6.07, 6.45) is 7.58. The Labute approximate surface area is 168 Å². The number of pyridine rings is 1. The average Bonchev–Trinajstić information content (AvgIpc) is 3.01. The molecule has 4 heterocycles. The van der Waals surface area contributed by atoms with E-state index in [1.54, 1.807) is 0 Å². The van der Waals surface area contributed by atoms with Gasteiger partial charge in [0, 0.05) is 44.2 Å². The van der Waals surface area contributed by atoms with Crippen LogP contribution < -0.4 is 4.90 Å². The summed E-state index contributed by atoms with van der Waals surface area (Å²) in [6.45, 7) is 2.19. The van der Waals surface area contributed by atoms with Gasteiger partial charge in [0.1, 0.15) is 11.6 Å². The molecule has 1 fully saturated rings. The molecule has 1 saturated heterocycles. The van der Waals surface area contributed by atoms with Crippen molar-refractivity contribution in [2.45, 2.75) is 51.0 Å². The van der Waals surface area contributed by atoms with E-state index in [1.165, 1.54) is 25.8 Å². The van der Waals surface area contributed by atoms with Gasteiger partial charge >= 0.3 is 11.7 Å². The highest BCUT2D eigenvalue weighted by atomic mass is 16.6. The van der Waals surface area contributed by atoms with E-state index < -0.39 is 10.9 Å². The lowest BCUT2D eigenvalue weighted by molar-refractivity contribution is -0.384. The highest BCUT2D eigenvalue weighted by molar-refractivity contribution is 5.90. The summed E-state index contributed by atoms with van der Waals surface area (Å²) < 4.78 is 6.89. The summed E-state index contributed by atoms with van der Waals surface area (Å²) in [5.41, 5.74) is -0.118. The number of anilines is 1. The predicted molar refractivity (Wildman–Crippen MR) is 104 cm³/mol. The molecule has 0 aromatic carbocycles. The van der Waals surface area contributed by atoms with Gasteiger partial charge in [0.05, 0.1) is 17.6 Å². The van der Waals surface area contributed by atoms with Crippen LogP contribution in [0.4, 0.5) is 11.5 Å². The van der Waals surface area contributed by atoms with Crippen molar-refractivity contribution in [3.8, 4) is 0 Å². The summed E-state index contributed by atoms with van der Waals surface area (Å²) in [6, 6.07) is 1.24. The van der Waals surface area contributed by atoms with Crippen LogP contribution in [0.2, 0.25) is 0 Å².